The van der Waals surface area contributed by atoms with Crippen molar-refractivity contribution >= 4 is 53.4 Å². The molecule has 0 bridgehead atoms. The van der Waals surface area contributed by atoms with E-state index in [1.165, 1.54) is 11.3 Å². The van der Waals surface area contributed by atoms with Crippen molar-refractivity contribution in [2.75, 3.05) is 13.6 Å². The lowest BCUT2D eigenvalue weighted by molar-refractivity contribution is 0.0793. The molecule has 0 aromatic carbocycles. The van der Waals surface area contributed by atoms with Gasteiger partial charge in [-0.3, -0.25) is 4.79 Å². The quantitative estimate of drug-likeness (QED) is 0.765. The molecule has 4 nitrogen and oxygen atoms in total. The van der Waals surface area contributed by atoms with Gasteiger partial charge in [0.1, 0.15) is 9.88 Å². The number of aryl methyl sites for hydroxylation is 1. The third-order valence-corrected chi connectivity index (χ3v) is 5.91. The molecule has 2 aromatic rings. The van der Waals surface area contributed by atoms with Gasteiger partial charge in [-0.25, -0.2) is 4.98 Å². The molecule has 0 aliphatic rings. The second-order valence-electron chi connectivity index (χ2n) is 5.83. The number of hydrogen-bond donors (Lipinski definition) is 1. The summed E-state index contributed by atoms with van der Waals surface area (Å²) in [5.41, 5.74) is 6.86. The summed E-state index contributed by atoms with van der Waals surface area (Å²) in [4.78, 5) is 20.7. The van der Waals surface area contributed by atoms with Gasteiger partial charge in [-0.1, -0.05) is 19.9 Å². The fraction of sp³-hybridized carbons (Fsp3) is 0.500. The van der Waals surface area contributed by atoms with Crippen molar-refractivity contribution in [3.05, 3.63) is 28.1 Å². The number of carbonyl (C=O) groups excluding carboxylic acids is 1. The first kappa shape index (κ1) is 23.3. The van der Waals surface area contributed by atoms with Crippen LogP contribution in [0.1, 0.15) is 35.6 Å². The molecule has 24 heavy (non-hydrogen) atoms. The number of rotatable bonds is 6. The Morgan fingerprint density at radius 3 is 2.58 bits per heavy atom. The Bertz CT molecular complexity index is 629. The van der Waals surface area contributed by atoms with Crippen molar-refractivity contribution in [2.24, 2.45) is 11.7 Å². The number of halogens is 2. The average Bonchev–Trinajstić information content (AvgIpc) is 3.12. The fourth-order valence-electron chi connectivity index (χ4n) is 2.05. The summed E-state index contributed by atoms with van der Waals surface area (Å²) in [6.07, 6.45) is 0.815. The van der Waals surface area contributed by atoms with Crippen LogP contribution in [-0.2, 0) is 0 Å². The number of nitrogens with two attached hydrogens (primary N) is 1. The van der Waals surface area contributed by atoms with E-state index < -0.39 is 0 Å². The third kappa shape index (κ3) is 5.70. The van der Waals surface area contributed by atoms with Gasteiger partial charge in [0.2, 0.25) is 0 Å². The van der Waals surface area contributed by atoms with Crippen LogP contribution in [-0.4, -0.2) is 35.4 Å². The molecule has 0 saturated carbocycles. The molecule has 2 N–H and O–H groups in total. The van der Waals surface area contributed by atoms with Crippen LogP contribution in [0.4, 0.5) is 0 Å². The van der Waals surface area contributed by atoms with Crippen molar-refractivity contribution in [3.63, 3.8) is 0 Å². The summed E-state index contributed by atoms with van der Waals surface area (Å²) in [7, 11) is 1.83. The molecule has 0 spiro atoms. The Labute approximate surface area is 164 Å². The van der Waals surface area contributed by atoms with Crippen molar-refractivity contribution in [2.45, 2.75) is 33.2 Å². The largest absolute Gasteiger partial charge is 0.341 e. The molecular weight excluding hydrogens is 385 g/mol. The monoisotopic (exact) mass is 409 g/mol. The number of hydrogen-bond acceptors (Lipinski definition) is 5. The Balaban J connectivity index is 0.00000264. The topological polar surface area (TPSA) is 59.2 Å². The molecular formula is C16H25Cl2N3OS2. The molecule has 2 heterocycles. The molecule has 1 amide bonds. The molecule has 2 rings (SSSR count). The van der Waals surface area contributed by atoms with E-state index >= 15 is 0 Å². The second kappa shape index (κ2) is 10.4. The van der Waals surface area contributed by atoms with E-state index in [0.717, 1.165) is 26.9 Å². The number of carbonyl (C=O) groups is 1. The van der Waals surface area contributed by atoms with Crippen LogP contribution in [0.2, 0.25) is 0 Å². The highest BCUT2D eigenvalue weighted by molar-refractivity contribution is 7.22. The number of nitrogens with zero attached hydrogens (tertiary/aromatic N) is 2. The van der Waals surface area contributed by atoms with Crippen LogP contribution in [0.25, 0.3) is 9.88 Å². The second-order valence-corrected chi connectivity index (χ2v) is 7.78. The van der Waals surface area contributed by atoms with E-state index in [1.807, 2.05) is 31.5 Å². The Morgan fingerprint density at radius 2 is 2.04 bits per heavy atom. The highest BCUT2D eigenvalue weighted by Crippen LogP contribution is 2.31. The SMILES string of the molecule is Cc1nc(-c2cccs2)sc1C(=O)N(C)CCC(N)C(C)C.Cl.Cl. The third-order valence-electron chi connectivity index (χ3n) is 3.72. The van der Waals surface area contributed by atoms with Gasteiger partial charge in [-0.2, -0.15) is 0 Å². The van der Waals surface area contributed by atoms with Crippen molar-refractivity contribution in [1.82, 2.24) is 9.88 Å². The lowest BCUT2D eigenvalue weighted by Crippen LogP contribution is -2.34. The standard InChI is InChI=1S/C16H23N3OS2.2ClH/c1-10(2)12(17)7-8-19(4)16(20)14-11(3)18-15(22-14)13-6-5-9-21-13;;/h5-6,9-10,12H,7-8,17H2,1-4H3;2*1H. The molecule has 2 aromatic heterocycles. The maximum Gasteiger partial charge on any atom is 0.265 e. The van der Waals surface area contributed by atoms with Gasteiger partial charge in [-0.15, -0.1) is 47.5 Å². The predicted molar refractivity (Wildman–Crippen MR) is 109 cm³/mol. The highest BCUT2D eigenvalue weighted by atomic mass is 35.5. The summed E-state index contributed by atoms with van der Waals surface area (Å²) < 4.78 is 0. The van der Waals surface area contributed by atoms with Gasteiger partial charge < -0.3 is 10.6 Å². The number of aromatic nitrogens is 1. The smallest absolute Gasteiger partial charge is 0.265 e. The van der Waals surface area contributed by atoms with Crippen molar-refractivity contribution in [3.8, 4) is 9.88 Å². The summed E-state index contributed by atoms with van der Waals surface area (Å²) in [5, 5.41) is 2.94. The van der Waals surface area contributed by atoms with Crippen molar-refractivity contribution in [1.29, 1.82) is 0 Å². The highest BCUT2D eigenvalue weighted by Gasteiger charge is 2.20. The molecule has 0 aliphatic carbocycles. The molecule has 0 aliphatic heterocycles. The fourth-order valence-corrected chi connectivity index (χ4v) is 3.91. The minimum Gasteiger partial charge on any atom is -0.341 e. The summed E-state index contributed by atoms with van der Waals surface area (Å²) in [5.74, 6) is 0.466. The van der Waals surface area contributed by atoms with Crippen LogP contribution in [0.15, 0.2) is 17.5 Å². The zero-order valence-electron chi connectivity index (χ0n) is 14.3. The van der Waals surface area contributed by atoms with E-state index in [0.29, 0.717) is 12.5 Å². The van der Waals surface area contributed by atoms with E-state index in [2.05, 4.69) is 18.8 Å². The summed E-state index contributed by atoms with van der Waals surface area (Å²) in [6, 6.07) is 4.15. The first-order valence-electron chi connectivity index (χ1n) is 7.42. The van der Waals surface area contributed by atoms with E-state index in [9.17, 15) is 4.79 Å². The minimum atomic E-state index is 0. The number of thiazole rings is 1. The lowest BCUT2D eigenvalue weighted by atomic mass is 10.0. The van der Waals surface area contributed by atoms with Crippen LogP contribution in [0.5, 0.6) is 0 Å². The molecule has 0 saturated heterocycles. The zero-order valence-corrected chi connectivity index (χ0v) is 17.6. The maximum atomic E-state index is 12.6. The summed E-state index contributed by atoms with van der Waals surface area (Å²) in [6.45, 7) is 6.78. The van der Waals surface area contributed by atoms with Crippen LogP contribution >= 0.6 is 47.5 Å². The molecule has 8 heteroatoms. The Morgan fingerprint density at radius 1 is 1.38 bits per heavy atom. The Hall–Kier alpha value is -0.660. The van der Waals surface area contributed by atoms with Gasteiger partial charge >= 0.3 is 0 Å². The van der Waals surface area contributed by atoms with Gasteiger partial charge in [0.15, 0.2) is 0 Å². The van der Waals surface area contributed by atoms with Gasteiger partial charge in [0.25, 0.3) is 5.91 Å². The van der Waals surface area contributed by atoms with Crippen LogP contribution in [0.3, 0.4) is 0 Å². The molecule has 0 fully saturated rings. The van der Waals surface area contributed by atoms with Gasteiger partial charge in [0, 0.05) is 19.6 Å². The normalized spacial score (nSPS) is 11.6. The molecule has 1 atom stereocenters. The number of thiophene rings is 1. The lowest BCUT2D eigenvalue weighted by Gasteiger charge is -2.21. The van der Waals surface area contributed by atoms with E-state index in [-0.39, 0.29) is 36.8 Å². The minimum absolute atomic E-state index is 0. The number of amides is 1. The summed E-state index contributed by atoms with van der Waals surface area (Å²) >= 11 is 3.11. The maximum absolute atomic E-state index is 12.6. The first-order valence-corrected chi connectivity index (χ1v) is 9.12. The molecule has 1 unspecified atom stereocenters. The van der Waals surface area contributed by atoms with E-state index in [4.69, 9.17) is 5.73 Å². The first-order chi connectivity index (χ1) is 10.4. The van der Waals surface area contributed by atoms with Crippen LogP contribution < -0.4 is 5.73 Å². The van der Waals surface area contributed by atoms with Crippen molar-refractivity contribution < 1.29 is 4.79 Å². The van der Waals surface area contributed by atoms with Gasteiger partial charge in [-0.05, 0) is 30.7 Å². The van der Waals surface area contributed by atoms with Crippen LogP contribution in [0, 0.1) is 12.8 Å². The average molecular weight is 410 g/mol. The van der Waals surface area contributed by atoms with Gasteiger partial charge in [0.05, 0.1) is 10.6 Å². The molecule has 0 radical (unpaired) electrons. The molecule has 136 valence electrons. The Kier molecular flexibility index (Phi) is 10.1. The predicted octanol–water partition coefficient (Wildman–Crippen LogP) is 4.47. The zero-order chi connectivity index (χ0) is 16.3. The van der Waals surface area contributed by atoms with E-state index in [1.54, 1.807) is 16.2 Å².